The van der Waals surface area contributed by atoms with Crippen molar-refractivity contribution in [2.24, 2.45) is 0 Å². The maximum absolute atomic E-state index is 10.8. The highest BCUT2D eigenvalue weighted by Crippen LogP contribution is 2.28. The van der Waals surface area contributed by atoms with Crippen LogP contribution in [0.1, 0.15) is 16.7 Å². The van der Waals surface area contributed by atoms with Crippen LogP contribution in [0.2, 0.25) is 0 Å². The number of fused-ring (bicyclic) bond motifs is 1. The van der Waals surface area contributed by atoms with E-state index in [0.29, 0.717) is 13.2 Å². The largest absolute Gasteiger partial charge is 0.489 e. The van der Waals surface area contributed by atoms with Crippen LogP contribution in [0.15, 0.2) is 60.7 Å². The van der Waals surface area contributed by atoms with Crippen molar-refractivity contribution in [3.05, 3.63) is 77.4 Å². The number of carboxylic acids is 1. The topological polar surface area (TPSA) is 58.6 Å². The molecule has 0 saturated heterocycles. The van der Waals surface area contributed by atoms with Gasteiger partial charge in [-0.1, -0.05) is 60.2 Å². The summed E-state index contributed by atoms with van der Waals surface area (Å²) in [5.41, 5.74) is 3.29. The monoisotopic (exact) mass is 335 g/mol. The first-order valence-electron chi connectivity index (χ1n) is 8.25. The molecule has 0 fully saturated rings. The summed E-state index contributed by atoms with van der Waals surface area (Å²) in [6.45, 7) is 2.89. The molecule has 3 rings (SSSR count). The van der Waals surface area contributed by atoms with E-state index in [0.717, 1.165) is 27.6 Å². The van der Waals surface area contributed by atoms with Gasteiger partial charge in [-0.15, -0.1) is 0 Å². The van der Waals surface area contributed by atoms with Crippen LogP contribution in [-0.2, 0) is 17.9 Å². The third-order valence-corrected chi connectivity index (χ3v) is 4.09. The van der Waals surface area contributed by atoms with Crippen molar-refractivity contribution in [3.63, 3.8) is 0 Å². The summed E-state index contributed by atoms with van der Waals surface area (Å²) in [7, 11) is 0. The van der Waals surface area contributed by atoms with Gasteiger partial charge in [0.15, 0.2) is 0 Å². The predicted octanol–water partition coefficient (Wildman–Crippen LogP) is 3.90. The molecule has 128 valence electrons. The zero-order valence-electron chi connectivity index (χ0n) is 14.2. The molecule has 0 saturated carbocycles. The van der Waals surface area contributed by atoms with E-state index in [4.69, 9.17) is 9.84 Å². The lowest BCUT2D eigenvalue weighted by atomic mass is 10.0. The standard InChI is InChI=1S/C21H21NO3/c1-15-6-8-16(9-7-15)14-25-20-11-10-17-4-2-3-5-18(17)19(20)12-22-13-21(23)24/h2-11,22H,12-14H2,1H3,(H,23,24). The Labute approximate surface area is 147 Å². The van der Waals surface area contributed by atoms with Gasteiger partial charge >= 0.3 is 5.97 Å². The Kier molecular flexibility index (Phi) is 5.31. The molecule has 0 unspecified atom stereocenters. The van der Waals surface area contributed by atoms with Gasteiger partial charge in [0.2, 0.25) is 0 Å². The van der Waals surface area contributed by atoms with Crippen LogP contribution in [0.4, 0.5) is 0 Å². The molecule has 4 nitrogen and oxygen atoms in total. The maximum Gasteiger partial charge on any atom is 0.317 e. The molecule has 0 atom stereocenters. The molecule has 0 amide bonds. The first kappa shape index (κ1) is 17.0. The summed E-state index contributed by atoms with van der Waals surface area (Å²) < 4.78 is 6.04. The molecule has 0 heterocycles. The van der Waals surface area contributed by atoms with Gasteiger partial charge in [-0.2, -0.15) is 0 Å². The van der Waals surface area contributed by atoms with Crippen molar-refractivity contribution < 1.29 is 14.6 Å². The smallest absolute Gasteiger partial charge is 0.317 e. The van der Waals surface area contributed by atoms with Gasteiger partial charge in [0.05, 0.1) is 6.54 Å². The lowest BCUT2D eigenvalue weighted by Gasteiger charge is -2.15. The highest BCUT2D eigenvalue weighted by molar-refractivity contribution is 5.87. The minimum atomic E-state index is -0.873. The zero-order valence-corrected chi connectivity index (χ0v) is 14.2. The Morgan fingerprint density at radius 2 is 1.80 bits per heavy atom. The SMILES string of the molecule is Cc1ccc(COc2ccc3ccccc3c2CNCC(=O)O)cc1. The van der Waals surface area contributed by atoms with E-state index < -0.39 is 5.97 Å². The summed E-state index contributed by atoms with van der Waals surface area (Å²) in [5, 5.41) is 14.0. The summed E-state index contributed by atoms with van der Waals surface area (Å²) >= 11 is 0. The second kappa shape index (κ2) is 7.81. The Morgan fingerprint density at radius 3 is 2.56 bits per heavy atom. The molecule has 0 aliphatic carbocycles. The molecule has 0 radical (unpaired) electrons. The van der Waals surface area contributed by atoms with E-state index in [1.165, 1.54) is 5.56 Å². The fraction of sp³-hybridized carbons (Fsp3) is 0.190. The molecule has 0 aromatic heterocycles. The molecule has 0 aliphatic heterocycles. The number of nitrogens with one attached hydrogen (secondary N) is 1. The first-order valence-corrected chi connectivity index (χ1v) is 8.25. The van der Waals surface area contributed by atoms with Gasteiger partial charge < -0.3 is 15.2 Å². The summed E-state index contributed by atoms with van der Waals surface area (Å²) in [6, 6.07) is 20.3. The van der Waals surface area contributed by atoms with Gasteiger partial charge in [0.1, 0.15) is 12.4 Å². The molecule has 0 spiro atoms. The Balaban J connectivity index is 1.84. The summed E-state index contributed by atoms with van der Waals surface area (Å²) in [4.78, 5) is 10.8. The zero-order chi connectivity index (χ0) is 17.6. The number of rotatable bonds is 7. The van der Waals surface area contributed by atoms with Crippen LogP contribution in [-0.4, -0.2) is 17.6 Å². The van der Waals surface area contributed by atoms with Crippen molar-refractivity contribution >= 4 is 16.7 Å². The third-order valence-electron chi connectivity index (χ3n) is 4.09. The van der Waals surface area contributed by atoms with Crippen LogP contribution >= 0.6 is 0 Å². The molecular formula is C21H21NO3. The van der Waals surface area contributed by atoms with Crippen molar-refractivity contribution in [2.45, 2.75) is 20.1 Å². The highest BCUT2D eigenvalue weighted by Gasteiger charge is 2.10. The van der Waals surface area contributed by atoms with Crippen molar-refractivity contribution in [1.29, 1.82) is 0 Å². The van der Waals surface area contributed by atoms with E-state index in [-0.39, 0.29) is 6.54 Å². The minimum absolute atomic E-state index is 0.0827. The van der Waals surface area contributed by atoms with Gasteiger partial charge in [0, 0.05) is 12.1 Å². The Hall–Kier alpha value is -2.85. The lowest BCUT2D eigenvalue weighted by molar-refractivity contribution is -0.136. The Bertz CT molecular complexity index is 872. The van der Waals surface area contributed by atoms with Crippen molar-refractivity contribution in [1.82, 2.24) is 5.32 Å². The molecule has 0 aliphatic rings. The second-order valence-corrected chi connectivity index (χ2v) is 6.03. The molecule has 25 heavy (non-hydrogen) atoms. The van der Waals surface area contributed by atoms with Crippen LogP contribution in [0.5, 0.6) is 5.75 Å². The van der Waals surface area contributed by atoms with E-state index >= 15 is 0 Å². The highest BCUT2D eigenvalue weighted by atomic mass is 16.5. The fourth-order valence-corrected chi connectivity index (χ4v) is 2.77. The van der Waals surface area contributed by atoms with E-state index in [1.807, 2.05) is 36.4 Å². The molecule has 2 N–H and O–H groups in total. The van der Waals surface area contributed by atoms with Gasteiger partial charge in [-0.25, -0.2) is 0 Å². The number of aryl methyl sites for hydroxylation is 1. The number of hydrogen-bond donors (Lipinski definition) is 2. The molecule has 4 heteroatoms. The van der Waals surface area contributed by atoms with Crippen LogP contribution in [0.3, 0.4) is 0 Å². The average Bonchev–Trinajstić information content (AvgIpc) is 2.62. The van der Waals surface area contributed by atoms with Gasteiger partial charge in [-0.05, 0) is 29.3 Å². The van der Waals surface area contributed by atoms with Crippen molar-refractivity contribution in [2.75, 3.05) is 6.54 Å². The van der Waals surface area contributed by atoms with Gasteiger partial charge in [0.25, 0.3) is 0 Å². The number of benzene rings is 3. The third kappa shape index (κ3) is 4.37. The maximum atomic E-state index is 10.8. The van der Waals surface area contributed by atoms with E-state index in [9.17, 15) is 4.79 Å². The van der Waals surface area contributed by atoms with Crippen molar-refractivity contribution in [3.8, 4) is 5.75 Å². The second-order valence-electron chi connectivity index (χ2n) is 6.03. The van der Waals surface area contributed by atoms with E-state index in [1.54, 1.807) is 0 Å². The molecular weight excluding hydrogens is 314 g/mol. The van der Waals surface area contributed by atoms with Crippen LogP contribution < -0.4 is 10.1 Å². The van der Waals surface area contributed by atoms with E-state index in [2.05, 4.69) is 36.5 Å². The number of carbonyl (C=O) groups is 1. The normalized spacial score (nSPS) is 10.8. The van der Waals surface area contributed by atoms with Crippen LogP contribution in [0.25, 0.3) is 10.8 Å². The minimum Gasteiger partial charge on any atom is -0.489 e. The predicted molar refractivity (Wildman–Crippen MR) is 98.8 cm³/mol. The molecule has 3 aromatic rings. The number of carboxylic acid groups (broad SMARTS) is 1. The quantitative estimate of drug-likeness (QED) is 0.687. The summed E-state index contributed by atoms with van der Waals surface area (Å²) in [6.07, 6.45) is 0. The van der Waals surface area contributed by atoms with Crippen LogP contribution in [0, 0.1) is 6.92 Å². The molecule has 0 bridgehead atoms. The average molecular weight is 335 g/mol. The Morgan fingerprint density at radius 1 is 1.04 bits per heavy atom. The lowest BCUT2D eigenvalue weighted by Crippen LogP contribution is -2.22. The van der Waals surface area contributed by atoms with Gasteiger partial charge in [-0.3, -0.25) is 4.79 Å². The number of ether oxygens (including phenoxy) is 1. The number of hydrogen-bond acceptors (Lipinski definition) is 3. The summed E-state index contributed by atoms with van der Waals surface area (Å²) in [5.74, 6) is -0.0977. The molecule has 3 aromatic carbocycles. The fourth-order valence-electron chi connectivity index (χ4n) is 2.77. The first-order chi connectivity index (χ1) is 12.1. The number of aliphatic carboxylic acids is 1.